The molecule has 5 nitrogen and oxygen atoms in total. The first-order valence-corrected chi connectivity index (χ1v) is 8.14. The van der Waals surface area contributed by atoms with Gasteiger partial charge in [-0.15, -0.1) is 0 Å². The third kappa shape index (κ3) is 4.51. The molecular weight excluding hydrogens is 276 g/mol. The maximum atomic E-state index is 11.3. The average molecular weight is 298 g/mol. The van der Waals surface area contributed by atoms with Gasteiger partial charge in [0, 0.05) is 6.42 Å². The van der Waals surface area contributed by atoms with E-state index in [0.29, 0.717) is 18.2 Å². The van der Waals surface area contributed by atoms with E-state index in [-0.39, 0.29) is 11.4 Å². The topological polar surface area (TPSA) is 65.2 Å². The quantitative estimate of drug-likeness (QED) is 0.688. The van der Waals surface area contributed by atoms with Gasteiger partial charge in [-0.25, -0.2) is 0 Å². The van der Waals surface area contributed by atoms with Crippen LogP contribution in [-0.2, 0) is 21.7 Å². The molecule has 0 unspecified atom stereocenters. The number of rotatable bonds is 8. The second-order valence-electron chi connectivity index (χ2n) is 5.95. The minimum Gasteiger partial charge on any atom is -0.469 e. The molecule has 20 heavy (non-hydrogen) atoms. The summed E-state index contributed by atoms with van der Waals surface area (Å²) >= 11 is 1.77. The minimum atomic E-state index is -0.109. The van der Waals surface area contributed by atoms with E-state index in [4.69, 9.17) is 9.26 Å². The van der Waals surface area contributed by atoms with Crippen molar-refractivity contribution >= 4 is 17.7 Å². The Morgan fingerprint density at radius 2 is 2.25 bits per heavy atom. The molecular formula is C14H22N2O3S. The Hall–Kier alpha value is -1.04. The highest BCUT2D eigenvalue weighted by atomic mass is 32.2. The lowest BCUT2D eigenvalue weighted by atomic mass is 10.1. The number of nitrogens with zero attached hydrogens (tertiary/aromatic N) is 2. The fourth-order valence-electron chi connectivity index (χ4n) is 2.07. The highest BCUT2D eigenvalue weighted by Crippen LogP contribution is 2.51. The van der Waals surface area contributed by atoms with Gasteiger partial charge in [-0.1, -0.05) is 19.0 Å². The van der Waals surface area contributed by atoms with Crippen molar-refractivity contribution < 1.29 is 14.1 Å². The molecule has 1 aromatic heterocycles. The fourth-order valence-corrected chi connectivity index (χ4v) is 3.29. The van der Waals surface area contributed by atoms with E-state index in [0.717, 1.165) is 36.6 Å². The monoisotopic (exact) mass is 298 g/mol. The standard InChI is InChI=1S/C14H22N2O3S/c1-10(2)6-12-15-11(16-19-12)8-20-9-14(4-5-14)7-13(17)18-3/h10H,4-9H2,1-3H3. The molecule has 0 saturated heterocycles. The molecule has 1 fully saturated rings. The summed E-state index contributed by atoms with van der Waals surface area (Å²) in [5.41, 5.74) is 0.155. The Bertz CT molecular complexity index is 455. The zero-order valence-corrected chi connectivity index (χ0v) is 13.2. The van der Waals surface area contributed by atoms with E-state index in [1.165, 1.54) is 7.11 Å². The third-order valence-corrected chi connectivity index (χ3v) is 4.72. The van der Waals surface area contributed by atoms with Gasteiger partial charge < -0.3 is 9.26 Å². The van der Waals surface area contributed by atoms with E-state index >= 15 is 0 Å². The van der Waals surface area contributed by atoms with Crippen LogP contribution in [-0.4, -0.2) is 29.0 Å². The number of carbonyl (C=O) groups is 1. The average Bonchev–Trinajstić information content (AvgIpc) is 3.00. The summed E-state index contributed by atoms with van der Waals surface area (Å²) in [5, 5.41) is 3.99. The van der Waals surface area contributed by atoms with Gasteiger partial charge in [-0.05, 0) is 29.9 Å². The summed E-state index contributed by atoms with van der Waals surface area (Å²) in [4.78, 5) is 15.7. The molecule has 0 amide bonds. The zero-order chi connectivity index (χ0) is 14.6. The van der Waals surface area contributed by atoms with Gasteiger partial charge in [-0.2, -0.15) is 16.7 Å². The minimum absolute atomic E-state index is 0.109. The van der Waals surface area contributed by atoms with E-state index in [1.807, 2.05) is 0 Å². The van der Waals surface area contributed by atoms with Crippen LogP contribution in [0.5, 0.6) is 0 Å². The van der Waals surface area contributed by atoms with Crippen LogP contribution in [0.4, 0.5) is 0 Å². The first kappa shape index (κ1) is 15.4. The smallest absolute Gasteiger partial charge is 0.306 e. The predicted molar refractivity (Wildman–Crippen MR) is 77.3 cm³/mol. The van der Waals surface area contributed by atoms with E-state index in [1.54, 1.807) is 11.8 Å². The fraction of sp³-hybridized carbons (Fsp3) is 0.786. The van der Waals surface area contributed by atoms with Gasteiger partial charge in [0.15, 0.2) is 5.82 Å². The van der Waals surface area contributed by atoms with Crippen molar-refractivity contribution in [3.63, 3.8) is 0 Å². The lowest BCUT2D eigenvalue weighted by Crippen LogP contribution is -2.13. The molecule has 0 aromatic carbocycles. The molecule has 1 aliphatic carbocycles. The van der Waals surface area contributed by atoms with E-state index < -0.39 is 0 Å². The lowest BCUT2D eigenvalue weighted by Gasteiger charge is -2.11. The Balaban J connectivity index is 1.73. The molecule has 2 rings (SSSR count). The predicted octanol–water partition coefficient (Wildman–Crippen LogP) is 2.84. The summed E-state index contributed by atoms with van der Waals surface area (Å²) in [6, 6.07) is 0. The van der Waals surface area contributed by atoms with Gasteiger partial charge >= 0.3 is 5.97 Å². The highest BCUT2D eigenvalue weighted by molar-refractivity contribution is 7.98. The SMILES string of the molecule is COC(=O)CC1(CSCc2noc(CC(C)C)n2)CC1. The molecule has 112 valence electrons. The van der Waals surface area contributed by atoms with Crippen LogP contribution in [0.2, 0.25) is 0 Å². The third-order valence-electron chi connectivity index (χ3n) is 3.44. The van der Waals surface area contributed by atoms with Gasteiger partial charge in [-0.3, -0.25) is 4.79 Å². The molecule has 1 saturated carbocycles. The first-order valence-electron chi connectivity index (χ1n) is 6.99. The maximum Gasteiger partial charge on any atom is 0.306 e. The number of carbonyl (C=O) groups excluding carboxylic acids is 1. The van der Waals surface area contributed by atoms with Crippen molar-refractivity contribution in [2.75, 3.05) is 12.9 Å². The number of methoxy groups -OCH3 is 1. The maximum absolute atomic E-state index is 11.3. The highest BCUT2D eigenvalue weighted by Gasteiger charge is 2.44. The molecule has 1 heterocycles. The van der Waals surface area contributed by atoms with Crippen LogP contribution in [0.3, 0.4) is 0 Å². The van der Waals surface area contributed by atoms with Crippen molar-refractivity contribution in [1.82, 2.24) is 10.1 Å². The molecule has 0 bridgehead atoms. The molecule has 0 spiro atoms. The summed E-state index contributed by atoms with van der Waals surface area (Å²) in [6.45, 7) is 4.25. The van der Waals surface area contributed by atoms with E-state index in [9.17, 15) is 4.79 Å². The van der Waals surface area contributed by atoms with Crippen LogP contribution in [0.1, 0.15) is 44.8 Å². The number of aromatic nitrogens is 2. The Labute approximate surface area is 123 Å². The van der Waals surface area contributed by atoms with Crippen LogP contribution < -0.4 is 0 Å². The van der Waals surface area contributed by atoms with Gasteiger partial charge in [0.05, 0.1) is 19.3 Å². The Morgan fingerprint density at radius 3 is 2.85 bits per heavy atom. The number of hydrogen-bond acceptors (Lipinski definition) is 6. The zero-order valence-electron chi connectivity index (χ0n) is 12.3. The second kappa shape index (κ2) is 6.61. The number of hydrogen-bond donors (Lipinski definition) is 0. The van der Waals surface area contributed by atoms with Gasteiger partial charge in [0.25, 0.3) is 0 Å². The summed E-state index contributed by atoms with van der Waals surface area (Å²) in [5.74, 6) is 3.57. The first-order chi connectivity index (χ1) is 9.53. The van der Waals surface area contributed by atoms with E-state index in [2.05, 4.69) is 24.0 Å². The molecule has 6 heteroatoms. The van der Waals surface area contributed by atoms with Crippen molar-refractivity contribution in [2.24, 2.45) is 11.3 Å². The number of esters is 1. The van der Waals surface area contributed by atoms with Gasteiger partial charge in [0.2, 0.25) is 5.89 Å². The molecule has 0 aliphatic heterocycles. The number of ether oxygens (including phenoxy) is 1. The molecule has 0 N–H and O–H groups in total. The molecule has 1 aliphatic rings. The second-order valence-corrected chi connectivity index (χ2v) is 6.93. The summed E-state index contributed by atoms with van der Waals surface area (Å²) in [6.07, 6.45) is 3.57. The molecule has 1 aromatic rings. The number of thioether (sulfide) groups is 1. The summed E-state index contributed by atoms with van der Waals surface area (Å²) in [7, 11) is 1.45. The van der Waals surface area contributed by atoms with Crippen LogP contribution in [0.15, 0.2) is 4.52 Å². The Morgan fingerprint density at radius 1 is 1.50 bits per heavy atom. The molecule has 0 radical (unpaired) electrons. The van der Waals surface area contributed by atoms with Crippen molar-refractivity contribution in [3.8, 4) is 0 Å². The van der Waals surface area contributed by atoms with Crippen molar-refractivity contribution in [2.45, 2.75) is 45.3 Å². The van der Waals surface area contributed by atoms with Crippen LogP contribution >= 0.6 is 11.8 Å². The largest absolute Gasteiger partial charge is 0.469 e. The van der Waals surface area contributed by atoms with Crippen molar-refractivity contribution in [3.05, 3.63) is 11.7 Å². The van der Waals surface area contributed by atoms with Crippen LogP contribution in [0, 0.1) is 11.3 Å². The Kier molecular flexibility index (Phi) is 5.07. The van der Waals surface area contributed by atoms with Gasteiger partial charge in [0.1, 0.15) is 0 Å². The summed E-state index contributed by atoms with van der Waals surface area (Å²) < 4.78 is 9.95. The molecule has 0 atom stereocenters. The normalized spacial score (nSPS) is 16.4. The lowest BCUT2D eigenvalue weighted by molar-refractivity contribution is -0.141. The van der Waals surface area contributed by atoms with Crippen LogP contribution in [0.25, 0.3) is 0 Å². The van der Waals surface area contributed by atoms with Crippen molar-refractivity contribution in [1.29, 1.82) is 0 Å².